The predicted octanol–water partition coefficient (Wildman–Crippen LogP) is 2.87. The number of amides is 1. The van der Waals surface area contributed by atoms with Crippen LogP contribution in [0.3, 0.4) is 0 Å². The summed E-state index contributed by atoms with van der Waals surface area (Å²) in [6.45, 7) is 7.99. The first kappa shape index (κ1) is 15.3. The molecule has 1 aromatic carbocycles. The van der Waals surface area contributed by atoms with Crippen LogP contribution in [0.15, 0.2) is 24.3 Å². The van der Waals surface area contributed by atoms with Crippen molar-refractivity contribution in [3.63, 3.8) is 0 Å². The van der Waals surface area contributed by atoms with Crippen LogP contribution in [0, 0.1) is 0 Å². The fraction of sp³-hybridized carbons (Fsp3) is 0.562. The van der Waals surface area contributed by atoms with Crippen LogP contribution in [0.2, 0.25) is 5.02 Å². The number of rotatable bonds is 3. The van der Waals surface area contributed by atoms with E-state index in [-0.39, 0.29) is 11.4 Å². The molecule has 3 nitrogen and oxygen atoms in total. The minimum atomic E-state index is -0.108. The Morgan fingerprint density at radius 3 is 2.70 bits per heavy atom. The first-order valence-corrected chi connectivity index (χ1v) is 7.54. The van der Waals surface area contributed by atoms with Gasteiger partial charge in [0, 0.05) is 36.1 Å². The Bertz CT molecular complexity index is 470. The van der Waals surface area contributed by atoms with E-state index in [1.807, 2.05) is 29.2 Å². The third-order valence-corrected chi connectivity index (χ3v) is 4.16. The summed E-state index contributed by atoms with van der Waals surface area (Å²) in [6.07, 6.45) is 1.32. The minimum absolute atomic E-state index is 0.108. The van der Waals surface area contributed by atoms with Gasteiger partial charge in [-0.1, -0.05) is 23.7 Å². The van der Waals surface area contributed by atoms with E-state index in [1.54, 1.807) is 0 Å². The second kappa shape index (κ2) is 6.15. The van der Waals surface area contributed by atoms with Crippen molar-refractivity contribution in [2.45, 2.75) is 45.2 Å². The van der Waals surface area contributed by atoms with Crippen LogP contribution >= 0.6 is 11.6 Å². The molecule has 0 radical (unpaired) electrons. The summed E-state index contributed by atoms with van der Waals surface area (Å²) in [6, 6.07) is 8.08. The smallest absolute Gasteiger partial charge is 0.223 e. The Labute approximate surface area is 126 Å². The second-order valence-electron chi connectivity index (χ2n) is 6.23. The maximum atomic E-state index is 12.5. The van der Waals surface area contributed by atoms with Gasteiger partial charge in [-0.15, -0.1) is 0 Å². The van der Waals surface area contributed by atoms with Crippen molar-refractivity contribution in [2.24, 2.45) is 0 Å². The molecule has 0 aliphatic carbocycles. The molecule has 1 heterocycles. The number of hydrogen-bond donors (Lipinski definition) is 1. The van der Waals surface area contributed by atoms with Crippen LogP contribution in [0.1, 0.15) is 32.8 Å². The van der Waals surface area contributed by atoms with Crippen LogP contribution < -0.4 is 5.32 Å². The largest absolute Gasteiger partial charge is 0.335 e. The lowest BCUT2D eigenvalue weighted by molar-refractivity contribution is -0.138. The van der Waals surface area contributed by atoms with E-state index in [0.29, 0.717) is 12.5 Å². The van der Waals surface area contributed by atoms with E-state index in [9.17, 15) is 4.79 Å². The molecule has 1 saturated heterocycles. The fourth-order valence-electron chi connectivity index (χ4n) is 2.58. The van der Waals surface area contributed by atoms with Gasteiger partial charge in [-0.25, -0.2) is 0 Å². The van der Waals surface area contributed by atoms with Crippen molar-refractivity contribution in [1.29, 1.82) is 0 Å². The van der Waals surface area contributed by atoms with Gasteiger partial charge in [0.1, 0.15) is 0 Å². The number of nitrogens with one attached hydrogen (secondary N) is 1. The predicted molar refractivity (Wildman–Crippen MR) is 83.0 cm³/mol. The van der Waals surface area contributed by atoms with Crippen molar-refractivity contribution >= 4 is 17.5 Å². The van der Waals surface area contributed by atoms with Crippen LogP contribution in [-0.2, 0) is 11.2 Å². The Hall–Kier alpha value is -1.06. The van der Waals surface area contributed by atoms with Crippen molar-refractivity contribution in [3.05, 3.63) is 34.9 Å². The number of benzene rings is 1. The highest BCUT2D eigenvalue weighted by Crippen LogP contribution is 2.20. The molecule has 0 saturated carbocycles. The lowest BCUT2D eigenvalue weighted by Gasteiger charge is -2.45. The molecule has 1 atom stereocenters. The van der Waals surface area contributed by atoms with E-state index >= 15 is 0 Å². The normalized spacial score (nSPS) is 21.8. The van der Waals surface area contributed by atoms with E-state index in [0.717, 1.165) is 30.1 Å². The van der Waals surface area contributed by atoms with Gasteiger partial charge in [-0.05, 0) is 44.9 Å². The number of carbonyl (C=O) groups is 1. The van der Waals surface area contributed by atoms with Crippen LogP contribution in [0.25, 0.3) is 0 Å². The highest BCUT2D eigenvalue weighted by atomic mass is 35.5. The van der Waals surface area contributed by atoms with E-state index in [2.05, 4.69) is 26.1 Å². The zero-order valence-electron chi connectivity index (χ0n) is 12.4. The van der Waals surface area contributed by atoms with Crippen LogP contribution in [0.4, 0.5) is 0 Å². The van der Waals surface area contributed by atoms with Gasteiger partial charge in [0.15, 0.2) is 0 Å². The summed E-state index contributed by atoms with van der Waals surface area (Å²) < 4.78 is 0. The molecule has 0 aromatic heterocycles. The average Bonchev–Trinajstić information content (AvgIpc) is 2.40. The van der Waals surface area contributed by atoms with Crippen molar-refractivity contribution in [1.82, 2.24) is 10.2 Å². The van der Waals surface area contributed by atoms with Crippen LogP contribution in [-0.4, -0.2) is 35.5 Å². The van der Waals surface area contributed by atoms with Crippen LogP contribution in [0.5, 0.6) is 0 Å². The number of carbonyl (C=O) groups excluding carboxylic acids is 1. The highest BCUT2D eigenvalue weighted by molar-refractivity contribution is 6.30. The SMILES string of the molecule is CC1CN(C(=O)CCc2ccc(Cl)cc2)C(C)(C)CN1. The summed E-state index contributed by atoms with van der Waals surface area (Å²) in [4.78, 5) is 14.5. The molecule has 1 aromatic rings. The maximum absolute atomic E-state index is 12.5. The Kier molecular flexibility index (Phi) is 4.71. The third kappa shape index (κ3) is 3.74. The van der Waals surface area contributed by atoms with Gasteiger partial charge in [0.05, 0.1) is 0 Å². The Morgan fingerprint density at radius 2 is 2.05 bits per heavy atom. The first-order valence-electron chi connectivity index (χ1n) is 7.17. The summed E-state index contributed by atoms with van der Waals surface area (Å²) >= 11 is 5.87. The Balaban J connectivity index is 1.95. The molecule has 1 N–H and O–H groups in total. The molecule has 1 aliphatic heterocycles. The summed E-state index contributed by atoms with van der Waals surface area (Å²) in [5, 5.41) is 4.16. The summed E-state index contributed by atoms with van der Waals surface area (Å²) in [7, 11) is 0. The second-order valence-corrected chi connectivity index (χ2v) is 6.66. The van der Waals surface area contributed by atoms with Crippen molar-refractivity contribution < 1.29 is 4.79 Å². The molecule has 4 heteroatoms. The Morgan fingerprint density at radius 1 is 1.40 bits per heavy atom. The lowest BCUT2D eigenvalue weighted by Crippen LogP contribution is -2.62. The monoisotopic (exact) mass is 294 g/mol. The summed E-state index contributed by atoms with van der Waals surface area (Å²) in [5.74, 6) is 0.235. The van der Waals surface area contributed by atoms with Gasteiger partial charge < -0.3 is 10.2 Å². The quantitative estimate of drug-likeness (QED) is 0.930. The molecule has 2 rings (SSSR count). The molecular formula is C16H23ClN2O. The number of halogens is 1. The van der Waals surface area contributed by atoms with Gasteiger partial charge in [-0.2, -0.15) is 0 Å². The molecule has 20 heavy (non-hydrogen) atoms. The van der Waals surface area contributed by atoms with E-state index < -0.39 is 0 Å². The van der Waals surface area contributed by atoms with Gasteiger partial charge in [0.2, 0.25) is 5.91 Å². The van der Waals surface area contributed by atoms with E-state index in [4.69, 9.17) is 11.6 Å². The number of hydrogen-bond acceptors (Lipinski definition) is 2. The van der Waals surface area contributed by atoms with Gasteiger partial charge >= 0.3 is 0 Å². The molecule has 0 spiro atoms. The summed E-state index contributed by atoms with van der Waals surface area (Å²) in [5.41, 5.74) is 1.05. The molecule has 0 bridgehead atoms. The standard InChI is InChI=1S/C16H23ClN2O/c1-12-10-19(16(2,3)11-18-12)15(20)9-6-13-4-7-14(17)8-5-13/h4-5,7-8,12,18H,6,9-11H2,1-3H3. The number of aryl methyl sites for hydroxylation is 1. The number of piperazine rings is 1. The van der Waals surface area contributed by atoms with Crippen molar-refractivity contribution in [3.8, 4) is 0 Å². The van der Waals surface area contributed by atoms with E-state index in [1.165, 1.54) is 0 Å². The highest BCUT2D eigenvalue weighted by Gasteiger charge is 2.35. The molecule has 1 unspecified atom stereocenters. The average molecular weight is 295 g/mol. The third-order valence-electron chi connectivity index (χ3n) is 3.91. The minimum Gasteiger partial charge on any atom is -0.335 e. The zero-order valence-corrected chi connectivity index (χ0v) is 13.2. The van der Waals surface area contributed by atoms with Crippen molar-refractivity contribution in [2.75, 3.05) is 13.1 Å². The maximum Gasteiger partial charge on any atom is 0.223 e. The first-order chi connectivity index (χ1) is 9.38. The molecular weight excluding hydrogens is 272 g/mol. The number of nitrogens with zero attached hydrogens (tertiary/aromatic N) is 1. The molecule has 1 aliphatic rings. The molecule has 1 fully saturated rings. The van der Waals surface area contributed by atoms with Gasteiger partial charge in [-0.3, -0.25) is 4.79 Å². The molecule has 1 amide bonds. The molecule has 110 valence electrons. The topological polar surface area (TPSA) is 32.3 Å². The fourth-order valence-corrected chi connectivity index (χ4v) is 2.71. The van der Waals surface area contributed by atoms with Gasteiger partial charge in [0.25, 0.3) is 0 Å². The zero-order chi connectivity index (χ0) is 14.8. The lowest BCUT2D eigenvalue weighted by atomic mass is 9.96.